The number of benzene rings is 1. The highest BCUT2D eigenvalue weighted by Crippen LogP contribution is 2.28. The molecule has 0 atom stereocenters. The van der Waals surface area contributed by atoms with Crippen molar-refractivity contribution in [1.29, 1.82) is 0 Å². The van der Waals surface area contributed by atoms with Gasteiger partial charge in [-0.3, -0.25) is 0 Å². The smallest absolute Gasteiger partial charge is 0.132 e. The van der Waals surface area contributed by atoms with Crippen LogP contribution < -0.4 is 9.47 Å². The number of ether oxygens (including phenoxy) is 2. The Balaban J connectivity index is 2.63. The summed E-state index contributed by atoms with van der Waals surface area (Å²) in [5, 5.41) is 13.5. The predicted octanol–water partition coefficient (Wildman–Crippen LogP) is 10.5. The van der Waals surface area contributed by atoms with Crippen molar-refractivity contribution in [1.82, 2.24) is 0 Å². The summed E-state index contributed by atoms with van der Waals surface area (Å²) in [6, 6.07) is 6.02. The van der Waals surface area contributed by atoms with Crippen LogP contribution in [0.25, 0.3) is 0 Å². The van der Waals surface area contributed by atoms with Gasteiger partial charge in [-0.2, -0.15) is 0 Å². The second-order valence-electron chi connectivity index (χ2n) is 10.3. The van der Waals surface area contributed by atoms with Crippen molar-refractivity contribution in [2.24, 2.45) is 5.16 Å². The third-order valence-electron chi connectivity index (χ3n) is 6.92. The number of nitrogens with zero attached hydrogens (tertiary/aromatic N) is 1. The minimum atomic E-state index is 0.691. The van der Waals surface area contributed by atoms with Crippen LogP contribution in [0.15, 0.2) is 23.4 Å². The van der Waals surface area contributed by atoms with Gasteiger partial charge in [0.25, 0.3) is 0 Å². The molecule has 1 N–H and O–H groups in total. The van der Waals surface area contributed by atoms with Crippen LogP contribution in [0.3, 0.4) is 0 Å². The first kappa shape index (κ1) is 32.3. The lowest BCUT2D eigenvalue weighted by Gasteiger charge is -2.15. The molecule has 0 unspecified atom stereocenters. The van der Waals surface area contributed by atoms with Crippen molar-refractivity contribution >= 4 is 5.71 Å². The zero-order valence-electron chi connectivity index (χ0n) is 24.0. The highest BCUT2D eigenvalue weighted by atomic mass is 16.5. The molecule has 0 bridgehead atoms. The first-order valence-corrected chi connectivity index (χ1v) is 15.4. The lowest BCUT2D eigenvalue weighted by atomic mass is 10.0. The fourth-order valence-corrected chi connectivity index (χ4v) is 4.58. The molecule has 4 nitrogen and oxygen atoms in total. The van der Waals surface area contributed by atoms with Crippen LogP contribution in [0.2, 0.25) is 0 Å². The lowest BCUT2D eigenvalue weighted by Crippen LogP contribution is -2.08. The Kier molecular flexibility index (Phi) is 21.3. The monoisotopic (exact) mass is 503 g/mol. The molecule has 0 spiro atoms. The van der Waals surface area contributed by atoms with Gasteiger partial charge >= 0.3 is 0 Å². The van der Waals surface area contributed by atoms with Gasteiger partial charge in [0.1, 0.15) is 11.5 Å². The summed E-state index contributed by atoms with van der Waals surface area (Å²) < 4.78 is 12.3. The molecule has 4 heteroatoms. The van der Waals surface area contributed by atoms with Crippen molar-refractivity contribution in [2.75, 3.05) is 13.2 Å². The molecule has 0 saturated carbocycles. The van der Waals surface area contributed by atoms with E-state index < -0.39 is 0 Å². The molecule has 1 rings (SSSR count). The van der Waals surface area contributed by atoms with Gasteiger partial charge in [-0.25, -0.2) is 0 Å². The number of rotatable bonds is 25. The zero-order valence-corrected chi connectivity index (χ0v) is 24.0. The van der Waals surface area contributed by atoms with Crippen molar-refractivity contribution in [3.8, 4) is 11.5 Å². The molecule has 0 aliphatic carbocycles. The van der Waals surface area contributed by atoms with Gasteiger partial charge in [0, 0.05) is 11.6 Å². The van der Waals surface area contributed by atoms with E-state index in [9.17, 15) is 5.21 Å². The van der Waals surface area contributed by atoms with E-state index in [-0.39, 0.29) is 0 Å². The van der Waals surface area contributed by atoms with Crippen LogP contribution in [0.5, 0.6) is 11.5 Å². The minimum absolute atomic E-state index is 0.691. The number of hydrogen-bond acceptors (Lipinski definition) is 4. The van der Waals surface area contributed by atoms with Gasteiger partial charge in [-0.1, -0.05) is 129 Å². The third kappa shape index (κ3) is 16.1. The predicted molar refractivity (Wildman–Crippen MR) is 155 cm³/mol. The Hall–Kier alpha value is -1.71. The summed E-state index contributed by atoms with van der Waals surface area (Å²) in [5.74, 6) is 1.64. The zero-order chi connectivity index (χ0) is 26.1. The standard InChI is InChI=1S/C32H57NO3/c1-4-7-10-13-16-17-20-23-31(33-34)30-25-24-29(35-26-21-18-14-11-8-5-2)28-32(30)36-27-22-19-15-12-9-6-3/h24-25,28,34H,4-23,26-27H2,1-3H3. The summed E-state index contributed by atoms with van der Waals surface area (Å²) in [7, 11) is 0. The highest BCUT2D eigenvalue weighted by Gasteiger charge is 2.13. The van der Waals surface area contributed by atoms with E-state index in [0.717, 1.165) is 55.1 Å². The molecule has 0 radical (unpaired) electrons. The van der Waals surface area contributed by atoms with Crippen LogP contribution in [-0.4, -0.2) is 24.1 Å². The quantitative estimate of drug-likeness (QED) is 0.0624. The molecular formula is C32H57NO3. The number of unbranched alkanes of at least 4 members (excludes halogenated alkanes) is 16. The van der Waals surface area contributed by atoms with E-state index in [0.29, 0.717) is 6.61 Å². The topological polar surface area (TPSA) is 51.1 Å². The molecule has 1 aromatic carbocycles. The van der Waals surface area contributed by atoms with Crippen molar-refractivity contribution < 1.29 is 14.7 Å². The third-order valence-corrected chi connectivity index (χ3v) is 6.92. The fourth-order valence-electron chi connectivity index (χ4n) is 4.58. The van der Waals surface area contributed by atoms with E-state index in [4.69, 9.17) is 9.47 Å². The maximum Gasteiger partial charge on any atom is 0.132 e. The van der Waals surface area contributed by atoms with E-state index in [2.05, 4.69) is 25.9 Å². The van der Waals surface area contributed by atoms with Crippen LogP contribution in [0.1, 0.15) is 155 Å². The maximum absolute atomic E-state index is 9.80. The van der Waals surface area contributed by atoms with E-state index in [1.807, 2.05) is 18.2 Å². The van der Waals surface area contributed by atoms with Crippen LogP contribution in [0.4, 0.5) is 0 Å². The first-order chi connectivity index (χ1) is 17.8. The lowest BCUT2D eigenvalue weighted by molar-refractivity contribution is 0.288. The average Bonchev–Trinajstić information content (AvgIpc) is 2.90. The first-order valence-electron chi connectivity index (χ1n) is 15.4. The summed E-state index contributed by atoms with van der Waals surface area (Å²) in [6.07, 6.45) is 24.4. The van der Waals surface area contributed by atoms with Crippen LogP contribution >= 0.6 is 0 Å². The van der Waals surface area contributed by atoms with Gasteiger partial charge < -0.3 is 14.7 Å². The molecular weight excluding hydrogens is 446 g/mol. The SMILES string of the molecule is CCCCCCCCCC(=NO)c1ccc(OCCCCCCCC)cc1OCCCCCCCC. The number of hydrogen-bond donors (Lipinski definition) is 1. The Labute approximate surface area is 223 Å². The van der Waals surface area contributed by atoms with Gasteiger partial charge in [0.15, 0.2) is 0 Å². The molecule has 0 aliphatic rings. The Morgan fingerprint density at radius 3 is 1.61 bits per heavy atom. The summed E-state index contributed by atoms with van der Waals surface area (Å²) in [4.78, 5) is 0. The molecule has 0 aliphatic heterocycles. The van der Waals surface area contributed by atoms with E-state index in [1.165, 1.54) is 103 Å². The molecule has 0 heterocycles. The van der Waals surface area contributed by atoms with Crippen LogP contribution in [0, 0.1) is 0 Å². The van der Waals surface area contributed by atoms with Crippen molar-refractivity contribution in [3.05, 3.63) is 23.8 Å². The normalized spacial score (nSPS) is 11.7. The Morgan fingerprint density at radius 2 is 1.08 bits per heavy atom. The number of oxime groups is 1. The molecule has 0 saturated heterocycles. The van der Waals surface area contributed by atoms with Crippen molar-refractivity contribution in [2.45, 2.75) is 149 Å². The summed E-state index contributed by atoms with van der Waals surface area (Å²) >= 11 is 0. The molecule has 0 aromatic heterocycles. The molecule has 0 fully saturated rings. The van der Waals surface area contributed by atoms with Crippen molar-refractivity contribution in [3.63, 3.8) is 0 Å². The van der Waals surface area contributed by atoms with Gasteiger partial charge in [-0.05, 0) is 37.8 Å². The minimum Gasteiger partial charge on any atom is -0.493 e. The second-order valence-corrected chi connectivity index (χ2v) is 10.3. The van der Waals surface area contributed by atoms with Gasteiger partial charge in [0.2, 0.25) is 0 Å². The Morgan fingerprint density at radius 1 is 0.611 bits per heavy atom. The summed E-state index contributed by atoms with van der Waals surface area (Å²) in [6.45, 7) is 8.18. The Bertz CT molecular complexity index is 659. The second kappa shape index (κ2) is 23.7. The average molecular weight is 504 g/mol. The molecule has 0 amide bonds. The maximum atomic E-state index is 9.80. The van der Waals surface area contributed by atoms with Gasteiger partial charge in [0.05, 0.1) is 18.9 Å². The highest BCUT2D eigenvalue weighted by molar-refractivity contribution is 6.02. The largest absolute Gasteiger partial charge is 0.493 e. The fraction of sp³-hybridized carbons (Fsp3) is 0.781. The van der Waals surface area contributed by atoms with E-state index in [1.54, 1.807) is 0 Å². The van der Waals surface area contributed by atoms with Crippen LogP contribution in [-0.2, 0) is 0 Å². The van der Waals surface area contributed by atoms with E-state index >= 15 is 0 Å². The molecule has 36 heavy (non-hydrogen) atoms. The van der Waals surface area contributed by atoms with Gasteiger partial charge in [-0.15, -0.1) is 0 Å². The summed E-state index contributed by atoms with van der Waals surface area (Å²) in [5.41, 5.74) is 1.63. The molecule has 208 valence electrons. The molecule has 1 aromatic rings.